The fourth-order valence-electron chi connectivity index (χ4n) is 4.07. The normalized spacial score (nSPS) is 14.9. The Kier molecular flexibility index (Phi) is 10.4. The minimum Gasteiger partial charge on any atom is -0.494 e. The molecule has 0 aliphatic heterocycles. The van der Waals surface area contributed by atoms with E-state index in [1.165, 1.54) is 6.42 Å². The van der Waals surface area contributed by atoms with Crippen molar-refractivity contribution in [1.82, 2.24) is 10.2 Å². The van der Waals surface area contributed by atoms with Crippen molar-refractivity contribution in [1.29, 1.82) is 0 Å². The highest BCUT2D eigenvalue weighted by Crippen LogP contribution is 2.24. The molecule has 1 aliphatic rings. The van der Waals surface area contributed by atoms with E-state index < -0.39 is 6.04 Å². The molecule has 3 rings (SSSR count). The molecule has 0 bridgehead atoms. The summed E-state index contributed by atoms with van der Waals surface area (Å²) >= 11 is 18.1. The van der Waals surface area contributed by atoms with Gasteiger partial charge in [0.2, 0.25) is 11.8 Å². The number of rotatable bonds is 10. The van der Waals surface area contributed by atoms with Crippen molar-refractivity contribution in [2.75, 3.05) is 6.61 Å². The van der Waals surface area contributed by atoms with E-state index in [1.807, 2.05) is 6.07 Å². The Labute approximate surface area is 216 Å². The summed E-state index contributed by atoms with van der Waals surface area (Å²) in [6, 6.07) is 11.9. The molecule has 1 saturated carbocycles. The second-order valence-corrected chi connectivity index (χ2v) is 9.95. The van der Waals surface area contributed by atoms with Crippen LogP contribution >= 0.6 is 34.8 Å². The van der Waals surface area contributed by atoms with Gasteiger partial charge in [0.05, 0.1) is 16.7 Å². The van der Waals surface area contributed by atoms with Gasteiger partial charge in [0.25, 0.3) is 0 Å². The summed E-state index contributed by atoms with van der Waals surface area (Å²) in [5.74, 6) is 0.458. The van der Waals surface area contributed by atoms with Gasteiger partial charge in [-0.05, 0) is 68.1 Å². The minimum atomic E-state index is -0.610. The zero-order valence-corrected chi connectivity index (χ0v) is 21.6. The average Bonchev–Trinajstić information content (AvgIpc) is 2.83. The van der Waals surface area contributed by atoms with Crippen LogP contribution in [-0.2, 0) is 16.1 Å². The van der Waals surface area contributed by atoms with Crippen molar-refractivity contribution in [2.24, 2.45) is 0 Å². The van der Waals surface area contributed by atoms with E-state index in [1.54, 1.807) is 48.2 Å². The molecule has 2 aromatic carbocycles. The van der Waals surface area contributed by atoms with Crippen LogP contribution in [0, 0.1) is 0 Å². The lowest BCUT2D eigenvalue weighted by Gasteiger charge is -2.31. The molecule has 184 valence electrons. The smallest absolute Gasteiger partial charge is 0.242 e. The largest absolute Gasteiger partial charge is 0.494 e. The van der Waals surface area contributed by atoms with Crippen LogP contribution in [0.3, 0.4) is 0 Å². The topological polar surface area (TPSA) is 58.6 Å². The SMILES string of the molecule is CC(C(=O)NC1CCCCC1)N(Cc1ccc(Cl)c(Cl)c1)C(=O)CCCOc1ccc(Cl)cc1. The fraction of sp³-hybridized carbons (Fsp3) is 0.462. The first-order valence-corrected chi connectivity index (χ1v) is 12.9. The molecule has 0 saturated heterocycles. The van der Waals surface area contributed by atoms with Gasteiger partial charge in [0.15, 0.2) is 0 Å². The van der Waals surface area contributed by atoms with Crippen LogP contribution in [0.5, 0.6) is 5.75 Å². The van der Waals surface area contributed by atoms with Crippen LogP contribution in [0.1, 0.15) is 57.4 Å². The third kappa shape index (κ3) is 8.07. The van der Waals surface area contributed by atoms with Crippen molar-refractivity contribution in [2.45, 2.75) is 70.5 Å². The molecule has 1 N–H and O–H groups in total. The summed E-state index contributed by atoms with van der Waals surface area (Å²) in [4.78, 5) is 27.8. The number of carbonyl (C=O) groups is 2. The zero-order valence-electron chi connectivity index (χ0n) is 19.4. The molecule has 1 atom stereocenters. The standard InChI is InChI=1S/C26H31Cl3N2O3/c1-18(26(33)30-21-6-3-2-4-7-21)31(17-19-9-14-23(28)24(29)16-19)25(32)8-5-15-34-22-12-10-20(27)11-13-22/h9-14,16,18,21H,2-8,15,17H2,1H3,(H,30,33). The van der Waals surface area contributed by atoms with Gasteiger partial charge in [-0.1, -0.05) is 60.1 Å². The molecule has 1 aliphatic carbocycles. The maximum absolute atomic E-state index is 13.2. The number of carbonyl (C=O) groups excluding carboxylic acids is 2. The summed E-state index contributed by atoms with van der Waals surface area (Å²) in [7, 11) is 0. The van der Waals surface area contributed by atoms with E-state index >= 15 is 0 Å². The molecule has 0 radical (unpaired) electrons. The molecular formula is C26H31Cl3N2O3. The summed E-state index contributed by atoms with van der Waals surface area (Å²) in [6.07, 6.45) is 6.22. The fourth-order valence-corrected chi connectivity index (χ4v) is 4.52. The Bertz CT molecular complexity index is 962. The average molecular weight is 526 g/mol. The van der Waals surface area contributed by atoms with Gasteiger partial charge in [-0.3, -0.25) is 9.59 Å². The number of halogens is 3. The first-order chi connectivity index (χ1) is 16.3. The number of ether oxygens (including phenoxy) is 1. The lowest BCUT2D eigenvalue weighted by atomic mass is 9.95. The number of nitrogens with one attached hydrogen (secondary N) is 1. The number of nitrogens with zero attached hydrogens (tertiary/aromatic N) is 1. The molecule has 1 unspecified atom stereocenters. The van der Waals surface area contributed by atoms with Crippen LogP contribution < -0.4 is 10.1 Å². The number of benzene rings is 2. The van der Waals surface area contributed by atoms with E-state index in [2.05, 4.69) is 5.32 Å². The van der Waals surface area contributed by atoms with Crippen LogP contribution in [0.4, 0.5) is 0 Å². The number of hydrogen-bond acceptors (Lipinski definition) is 3. The van der Waals surface area contributed by atoms with E-state index in [0.29, 0.717) is 33.8 Å². The van der Waals surface area contributed by atoms with Gasteiger partial charge >= 0.3 is 0 Å². The molecule has 2 aromatic rings. The highest BCUT2D eigenvalue weighted by molar-refractivity contribution is 6.42. The van der Waals surface area contributed by atoms with Crippen LogP contribution in [0.25, 0.3) is 0 Å². The Morgan fingerprint density at radius 3 is 2.41 bits per heavy atom. The van der Waals surface area contributed by atoms with Crippen LogP contribution in [0.2, 0.25) is 15.1 Å². The Hall–Kier alpha value is -1.95. The van der Waals surface area contributed by atoms with Gasteiger partial charge < -0.3 is 15.0 Å². The third-order valence-electron chi connectivity index (χ3n) is 6.07. The van der Waals surface area contributed by atoms with E-state index in [0.717, 1.165) is 31.2 Å². The van der Waals surface area contributed by atoms with Crippen molar-refractivity contribution in [3.05, 3.63) is 63.1 Å². The maximum Gasteiger partial charge on any atom is 0.242 e. The highest BCUT2D eigenvalue weighted by Gasteiger charge is 2.28. The van der Waals surface area contributed by atoms with Gasteiger partial charge in [-0.15, -0.1) is 0 Å². The Balaban J connectivity index is 1.62. The summed E-state index contributed by atoms with van der Waals surface area (Å²) in [6.45, 7) is 2.43. The first kappa shape index (κ1) is 26.7. The molecule has 2 amide bonds. The van der Waals surface area contributed by atoms with Gasteiger partial charge in [-0.2, -0.15) is 0 Å². The molecule has 0 aromatic heterocycles. The molecule has 5 nitrogen and oxygen atoms in total. The quantitative estimate of drug-likeness (QED) is 0.352. The lowest BCUT2D eigenvalue weighted by Crippen LogP contribution is -2.50. The minimum absolute atomic E-state index is 0.114. The second kappa shape index (κ2) is 13.2. The third-order valence-corrected chi connectivity index (χ3v) is 7.06. The Morgan fingerprint density at radius 1 is 1.03 bits per heavy atom. The summed E-state index contributed by atoms with van der Waals surface area (Å²) < 4.78 is 5.71. The molecule has 1 fully saturated rings. The second-order valence-electron chi connectivity index (χ2n) is 8.70. The predicted octanol–water partition coefficient (Wildman–Crippen LogP) is 6.67. The zero-order chi connectivity index (χ0) is 24.5. The van der Waals surface area contributed by atoms with Gasteiger partial charge in [0.1, 0.15) is 11.8 Å². The van der Waals surface area contributed by atoms with Gasteiger partial charge in [-0.25, -0.2) is 0 Å². The molecular weight excluding hydrogens is 495 g/mol. The first-order valence-electron chi connectivity index (χ1n) is 11.8. The summed E-state index contributed by atoms with van der Waals surface area (Å²) in [5.41, 5.74) is 0.817. The lowest BCUT2D eigenvalue weighted by molar-refractivity contribution is -0.141. The van der Waals surface area contributed by atoms with E-state index in [-0.39, 0.29) is 30.8 Å². The van der Waals surface area contributed by atoms with Crippen LogP contribution in [0.15, 0.2) is 42.5 Å². The molecule has 34 heavy (non-hydrogen) atoms. The number of amides is 2. The van der Waals surface area contributed by atoms with E-state index in [9.17, 15) is 9.59 Å². The van der Waals surface area contributed by atoms with Crippen molar-refractivity contribution >= 4 is 46.6 Å². The summed E-state index contributed by atoms with van der Waals surface area (Å²) in [5, 5.41) is 4.65. The molecule has 0 heterocycles. The van der Waals surface area contributed by atoms with Crippen molar-refractivity contribution in [3.8, 4) is 5.75 Å². The van der Waals surface area contributed by atoms with E-state index in [4.69, 9.17) is 39.5 Å². The highest BCUT2D eigenvalue weighted by atomic mass is 35.5. The molecule has 0 spiro atoms. The van der Waals surface area contributed by atoms with Gasteiger partial charge in [0, 0.05) is 24.0 Å². The maximum atomic E-state index is 13.2. The number of hydrogen-bond donors (Lipinski definition) is 1. The van der Waals surface area contributed by atoms with Crippen molar-refractivity contribution in [3.63, 3.8) is 0 Å². The monoisotopic (exact) mass is 524 g/mol. The van der Waals surface area contributed by atoms with Crippen LogP contribution in [-0.4, -0.2) is 35.4 Å². The predicted molar refractivity (Wildman–Crippen MR) is 138 cm³/mol. The molecule has 8 heteroatoms. The van der Waals surface area contributed by atoms with Crippen molar-refractivity contribution < 1.29 is 14.3 Å². The Morgan fingerprint density at radius 2 is 1.74 bits per heavy atom.